The molecule has 0 aromatic heterocycles. The van der Waals surface area contributed by atoms with Gasteiger partial charge in [0.05, 0.1) is 26.7 Å². The number of hydrogen-bond acceptors (Lipinski definition) is 5. The molecule has 0 fully saturated rings. The third-order valence-electron chi connectivity index (χ3n) is 14.3. The predicted octanol–water partition coefficient (Wildman–Crippen LogP) is 18.8. The number of rotatable bonds is 51. The van der Waals surface area contributed by atoms with Crippen molar-refractivity contribution in [2.24, 2.45) is 0 Å². The highest BCUT2D eigenvalue weighted by Gasteiger charge is 2.36. The van der Waals surface area contributed by atoms with Crippen molar-refractivity contribution in [1.82, 2.24) is 4.90 Å². The molecule has 5 unspecified atom stereocenters. The van der Waals surface area contributed by atoms with Crippen molar-refractivity contribution in [3.63, 3.8) is 0 Å². The smallest absolute Gasteiger partial charge is 0.335 e. The molecule has 0 heterocycles. The van der Waals surface area contributed by atoms with Crippen LogP contribution in [-0.4, -0.2) is 97.7 Å². The highest BCUT2D eigenvalue weighted by Crippen LogP contribution is 2.26. The first-order valence-electron chi connectivity index (χ1n) is 30.0. The van der Waals surface area contributed by atoms with E-state index in [1.54, 1.807) is 0 Å². The fourth-order valence-corrected chi connectivity index (χ4v) is 15.8. The maximum Gasteiger partial charge on any atom is 0.335 e. The lowest BCUT2D eigenvalue weighted by Gasteiger charge is -2.35. The molecule has 69 heavy (non-hydrogen) atoms. The zero-order valence-electron chi connectivity index (χ0n) is 48.9. The van der Waals surface area contributed by atoms with Crippen LogP contribution in [0.5, 0.6) is 0 Å². The molecule has 0 radical (unpaired) electrons. The Morgan fingerprint density at radius 3 is 1.00 bits per heavy atom. The number of quaternary nitrogens is 1. The molecule has 0 bridgehead atoms. The second-order valence-electron chi connectivity index (χ2n) is 22.1. The van der Waals surface area contributed by atoms with E-state index in [-0.39, 0.29) is 24.4 Å². The lowest BCUT2D eigenvalue weighted by Crippen LogP contribution is -2.47. The minimum absolute atomic E-state index is 0.228. The molecule has 0 spiro atoms. The van der Waals surface area contributed by atoms with Crippen LogP contribution in [0.2, 0.25) is 25.2 Å². The lowest BCUT2D eigenvalue weighted by atomic mass is 10.1. The topological polar surface area (TPSA) is 40.2 Å². The Kier molecular flexibility index (Phi) is 45.2. The van der Waals surface area contributed by atoms with Crippen LogP contribution >= 0.6 is 0 Å². The largest absolute Gasteiger partial charge is 0.392 e. The maximum atomic E-state index is 6.97. The minimum atomic E-state index is -2.34. The molecule has 0 saturated carbocycles. The van der Waals surface area contributed by atoms with Gasteiger partial charge in [0.2, 0.25) is 0 Å². The number of unbranched alkanes of at least 4 members (excludes halogenated alkanes) is 14. The first-order chi connectivity index (χ1) is 33.2. The van der Waals surface area contributed by atoms with Crippen LogP contribution in [0.25, 0.3) is 0 Å². The molecule has 0 aromatic carbocycles. The second kappa shape index (κ2) is 45.7. The van der Waals surface area contributed by atoms with Gasteiger partial charge in [0.15, 0.2) is 0 Å². The summed E-state index contributed by atoms with van der Waals surface area (Å²) in [5, 5.41) is 0. The summed E-state index contributed by atoms with van der Waals surface area (Å²) >= 11 is 0. The number of nitrogens with zero attached hydrogens (tertiary/aromatic N) is 2. The Hall–Kier alpha value is -0.846. The van der Waals surface area contributed by atoms with E-state index in [1.807, 2.05) is 0 Å². The Morgan fingerprint density at radius 1 is 0.391 bits per heavy atom. The van der Waals surface area contributed by atoms with Gasteiger partial charge in [0, 0.05) is 37.4 Å². The minimum Gasteiger partial charge on any atom is -0.392 e. The van der Waals surface area contributed by atoms with E-state index in [9.17, 15) is 0 Å². The number of allylic oxidation sites excluding steroid dienone is 8. The Bertz CT molecular complexity index is 1180. The van der Waals surface area contributed by atoms with E-state index in [0.717, 1.165) is 81.0 Å². The first kappa shape index (κ1) is 68.2. The molecule has 0 aliphatic heterocycles. The van der Waals surface area contributed by atoms with Gasteiger partial charge >= 0.3 is 17.1 Å². The van der Waals surface area contributed by atoms with E-state index in [4.69, 9.17) is 17.7 Å². The highest BCUT2D eigenvalue weighted by atomic mass is 28.4. The van der Waals surface area contributed by atoms with Gasteiger partial charge in [-0.15, -0.1) is 0 Å². The quantitative estimate of drug-likeness (QED) is 0.0263. The summed E-state index contributed by atoms with van der Waals surface area (Å²) < 4.78 is 28.9. The summed E-state index contributed by atoms with van der Waals surface area (Å²) in [6.45, 7) is 31.3. The molecule has 0 aliphatic carbocycles. The van der Waals surface area contributed by atoms with Crippen molar-refractivity contribution in [2.45, 2.75) is 298 Å². The van der Waals surface area contributed by atoms with Crippen LogP contribution in [0.4, 0.5) is 0 Å². The molecule has 0 saturated heterocycles. The Balaban J connectivity index is 5.18. The van der Waals surface area contributed by atoms with E-state index in [1.165, 1.54) is 154 Å². The molecule has 6 nitrogen and oxygen atoms in total. The SMILES string of the molecule is CCCCC/C=C\CCC(C)O[Si](C)(CCCCN(C)CCC[N+](C)(CC)CCCC[Si](C)(OC(C)CC/C=C\CCCCC)OC(C)CC/C=C\CCCCC)OC(C)CC/C=C\CCCCC. The first-order valence-corrected chi connectivity index (χ1v) is 35.1. The van der Waals surface area contributed by atoms with Crippen LogP contribution < -0.4 is 0 Å². The monoisotopic (exact) mass is 1000 g/mol. The molecule has 5 atom stereocenters. The van der Waals surface area contributed by atoms with Gasteiger partial charge in [-0.1, -0.05) is 134 Å². The molecule has 0 rings (SSSR count). The highest BCUT2D eigenvalue weighted by molar-refractivity contribution is 6.66. The predicted molar refractivity (Wildman–Crippen MR) is 312 cm³/mol. The van der Waals surface area contributed by atoms with Crippen molar-refractivity contribution < 1.29 is 22.2 Å². The van der Waals surface area contributed by atoms with E-state index in [0.29, 0.717) is 0 Å². The molecule has 0 N–H and O–H groups in total. The van der Waals surface area contributed by atoms with Gasteiger partial charge in [-0.3, -0.25) is 0 Å². The fourth-order valence-electron chi connectivity index (χ4n) is 9.57. The van der Waals surface area contributed by atoms with Crippen LogP contribution in [0.3, 0.4) is 0 Å². The third-order valence-corrected chi connectivity index (χ3v) is 20.5. The average Bonchev–Trinajstić information content (AvgIpc) is 3.30. The van der Waals surface area contributed by atoms with Crippen molar-refractivity contribution in [3.8, 4) is 0 Å². The molecule has 0 aromatic rings. The van der Waals surface area contributed by atoms with Gasteiger partial charge < -0.3 is 27.1 Å². The van der Waals surface area contributed by atoms with E-state index in [2.05, 4.69) is 143 Å². The average molecular weight is 1000 g/mol. The van der Waals surface area contributed by atoms with Crippen molar-refractivity contribution >= 4 is 17.1 Å². The summed E-state index contributed by atoms with van der Waals surface area (Å²) in [4.78, 5) is 2.57. The molecule has 8 heteroatoms. The fraction of sp³-hybridized carbons (Fsp3) is 0.869. The summed E-state index contributed by atoms with van der Waals surface area (Å²) in [6, 6.07) is 2.15. The van der Waals surface area contributed by atoms with Gasteiger partial charge in [-0.25, -0.2) is 0 Å². The molecule has 408 valence electrons. The number of hydrogen-bond donors (Lipinski definition) is 0. The normalized spacial score (nSPS) is 17.1. The van der Waals surface area contributed by atoms with E-state index >= 15 is 0 Å². The summed E-state index contributed by atoms with van der Waals surface area (Å²) in [5.74, 6) is 0. The van der Waals surface area contributed by atoms with Crippen molar-refractivity contribution in [3.05, 3.63) is 48.6 Å². The van der Waals surface area contributed by atoms with Crippen LogP contribution in [0.15, 0.2) is 48.6 Å². The maximum absolute atomic E-state index is 6.97. The standard InChI is InChI=1S/C61H123N2O4Si2/c1-14-19-23-27-31-35-39-48-58(6)64-68(12,65-59(7)49-40-36-32-28-24-20-15-2)56-45-43-52-62(10)53-47-55-63(11,18-5)54-44-46-57-69(13,66-60(8)50-41-37-33-29-25-21-16-3)67-61(9)51-42-38-34-30-26-22-17-4/h31-38,58-61H,14-30,39-57H2,1-13H3/q+1/b35-31-,36-32-,37-33-,38-34-. The zero-order valence-corrected chi connectivity index (χ0v) is 50.9. The molecular formula is C61H123N2O4Si2+. The summed E-state index contributed by atoms with van der Waals surface area (Å²) in [5.41, 5.74) is 0. The molecule has 0 aliphatic rings. The van der Waals surface area contributed by atoms with Crippen LogP contribution in [-0.2, 0) is 17.7 Å². The summed E-state index contributed by atoms with van der Waals surface area (Å²) in [6.07, 6.45) is 55.1. The van der Waals surface area contributed by atoms with Crippen molar-refractivity contribution in [2.75, 3.05) is 46.8 Å². The zero-order chi connectivity index (χ0) is 51.3. The van der Waals surface area contributed by atoms with Gasteiger partial charge in [0.25, 0.3) is 0 Å². The van der Waals surface area contributed by atoms with E-state index < -0.39 is 17.1 Å². The third kappa shape index (κ3) is 42.2. The van der Waals surface area contributed by atoms with Crippen LogP contribution in [0.1, 0.15) is 249 Å². The van der Waals surface area contributed by atoms with Gasteiger partial charge in [-0.2, -0.15) is 0 Å². The molecule has 0 amide bonds. The second-order valence-corrected chi connectivity index (χ2v) is 28.6. The molecular weight excluding hydrogens is 881 g/mol. The Morgan fingerprint density at radius 2 is 0.681 bits per heavy atom. The van der Waals surface area contributed by atoms with Crippen molar-refractivity contribution in [1.29, 1.82) is 0 Å². The van der Waals surface area contributed by atoms with Gasteiger partial charge in [-0.05, 0) is 195 Å². The van der Waals surface area contributed by atoms with Gasteiger partial charge in [0.1, 0.15) is 0 Å². The Labute approximate surface area is 435 Å². The lowest BCUT2D eigenvalue weighted by molar-refractivity contribution is -0.908. The van der Waals surface area contributed by atoms with Crippen LogP contribution in [0, 0.1) is 0 Å². The summed E-state index contributed by atoms with van der Waals surface area (Å²) in [7, 11) is 0.142.